The summed E-state index contributed by atoms with van der Waals surface area (Å²) >= 11 is 0. The molecule has 2 aromatic heterocycles. The molecule has 0 bridgehead atoms. The molecule has 20 heavy (non-hydrogen) atoms. The van der Waals surface area contributed by atoms with E-state index in [9.17, 15) is 9.59 Å². The fourth-order valence-electron chi connectivity index (χ4n) is 2.29. The maximum Gasteiger partial charge on any atom is 0.374 e. The fourth-order valence-corrected chi connectivity index (χ4v) is 2.29. The van der Waals surface area contributed by atoms with E-state index in [2.05, 4.69) is 5.16 Å². The molecule has 3 aromatic rings. The van der Waals surface area contributed by atoms with Crippen molar-refractivity contribution in [3.63, 3.8) is 0 Å². The van der Waals surface area contributed by atoms with Crippen molar-refractivity contribution in [3.05, 3.63) is 40.5 Å². The van der Waals surface area contributed by atoms with Crippen LogP contribution in [0.3, 0.4) is 0 Å². The number of carbonyl (C=O) groups is 1. The van der Waals surface area contributed by atoms with Gasteiger partial charge in [-0.15, -0.1) is 0 Å². The summed E-state index contributed by atoms with van der Waals surface area (Å²) in [6, 6.07) is 6.71. The molecular weight excluding hydrogens is 262 g/mol. The number of hydrogen-bond donors (Lipinski definition) is 1. The van der Waals surface area contributed by atoms with E-state index in [0.717, 1.165) is 5.52 Å². The van der Waals surface area contributed by atoms with Crippen LogP contribution in [0.15, 0.2) is 33.6 Å². The molecule has 1 N–H and O–H groups in total. The Bertz CT molecular complexity index is 885. The van der Waals surface area contributed by atoms with E-state index in [4.69, 9.17) is 9.63 Å². The second-order valence-electron chi connectivity index (χ2n) is 4.46. The van der Waals surface area contributed by atoms with Crippen molar-refractivity contribution < 1.29 is 14.4 Å². The predicted octanol–water partition coefficient (Wildman–Crippen LogP) is 1.23. The molecule has 0 fully saturated rings. The third kappa shape index (κ3) is 1.56. The van der Waals surface area contributed by atoms with Gasteiger partial charge in [0.2, 0.25) is 5.76 Å². The maximum absolute atomic E-state index is 12.0. The molecule has 0 amide bonds. The van der Waals surface area contributed by atoms with Gasteiger partial charge in [0, 0.05) is 25.7 Å². The lowest BCUT2D eigenvalue weighted by molar-refractivity contribution is 0.0652. The monoisotopic (exact) mass is 273 g/mol. The number of para-hydroxylation sites is 1. The van der Waals surface area contributed by atoms with Gasteiger partial charge in [0.05, 0.1) is 11.0 Å². The smallest absolute Gasteiger partial charge is 0.374 e. The van der Waals surface area contributed by atoms with Crippen LogP contribution in [0.4, 0.5) is 0 Å². The summed E-state index contributed by atoms with van der Waals surface area (Å²) in [6.45, 7) is 0. The van der Waals surface area contributed by atoms with Gasteiger partial charge in [0.1, 0.15) is 5.69 Å². The maximum atomic E-state index is 12.0. The lowest BCUT2D eigenvalue weighted by atomic mass is 10.1. The van der Waals surface area contributed by atoms with E-state index in [-0.39, 0.29) is 11.4 Å². The van der Waals surface area contributed by atoms with Crippen molar-refractivity contribution >= 4 is 17.0 Å². The van der Waals surface area contributed by atoms with Gasteiger partial charge in [0.15, 0.2) is 0 Å². The van der Waals surface area contributed by atoms with Crippen molar-refractivity contribution in [2.75, 3.05) is 0 Å². The van der Waals surface area contributed by atoms with Crippen molar-refractivity contribution in [2.45, 2.75) is 0 Å². The number of fused-ring (bicyclic) bond motifs is 1. The number of imidazole rings is 1. The van der Waals surface area contributed by atoms with Crippen molar-refractivity contribution in [2.24, 2.45) is 14.1 Å². The second kappa shape index (κ2) is 4.09. The Kier molecular flexibility index (Phi) is 2.50. The van der Waals surface area contributed by atoms with Crippen LogP contribution in [-0.2, 0) is 14.1 Å². The highest BCUT2D eigenvalue weighted by atomic mass is 16.5. The minimum absolute atomic E-state index is 0.158. The van der Waals surface area contributed by atoms with Crippen molar-refractivity contribution in [3.8, 4) is 11.3 Å². The summed E-state index contributed by atoms with van der Waals surface area (Å²) < 4.78 is 7.79. The SMILES string of the molecule is Cn1c(=O)n(C)c2c(-c3cc(C(=O)O)on3)cccc21. The van der Waals surface area contributed by atoms with Gasteiger partial charge >= 0.3 is 11.7 Å². The number of benzene rings is 1. The van der Waals surface area contributed by atoms with Gasteiger partial charge in [-0.25, -0.2) is 9.59 Å². The van der Waals surface area contributed by atoms with Crippen LogP contribution in [0.1, 0.15) is 10.6 Å². The summed E-state index contributed by atoms with van der Waals surface area (Å²) in [5, 5.41) is 12.6. The molecule has 0 saturated heterocycles. The van der Waals surface area contributed by atoms with Crippen LogP contribution in [-0.4, -0.2) is 25.4 Å². The highest BCUT2D eigenvalue weighted by Crippen LogP contribution is 2.27. The minimum Gasteiger partial charge on any atom is -0.475 e. The molecule has 1 aromatic carbocycles. The number of aryl methyl sites for hydroxylation is 2. The molecule has 2 heterocycles. The number of aromatic nitrogens is 3. The Morgan fingerprint density at radius 2 is 2.05 bits per heavy atom. The second-order valence-corrected chi connectivity index (χ2v) is 4.46. The summed E-state index contributed by atoms with van der Waals surface area (Å²) in [6.07, 6.45) is 0. The predicted molar refractivity (Wildman–Crippen MR) is 70.6 cm³/mol. The van der Waals surface area contributed by atoms with Crippen LogP contribution >= 0.6 is 0 Å². The standard InChI is InChI=1S/C13H11N3O4/c1-15-9-5-3-4-7(11(9)16(2)13(15)19)8-6-10(12(17)18)20-14-8/h3-6H,1-2H3,(H,17,18). The molecule has 0 atom stereocenters. The largest absolute Gasteiger partial charge is 0.475 e. The first-order valence-corrected chi connectivity index (χ1v) is 5.85. The van der Waals surface area contributed by atoms with Crippen LogP contribution in [0.25, 0.3) is 22.3 Å². The van der Waals surface area contributed by atoms with Gasteiger partial charge in [-0.2, -0.15) is 0 Å². The average molecular weight is 273 g/mol. The Balaban J connectivity index is 2.33. The molecule has 0 spiro atoms. The Morgan fingerprint density at radius 1 is 1.30 bits per heavy atom. The molecule has 0 radical (unpaired) electrons. The molecule has 0 saturated carbocycles. The first-order chi connectivity index (χ1) is 9.50. The molecule has 102 valence electrons. The third-order valence-corrected chi connectivity index (χ3v) is 3.28. The zero-order valence-corrected chi connectivity index (χ0v) is 10.8. The average Bonchev–Trinajstić information content (AvgIpc) is 3.00. The lowest BCUT2D eigenvalue weighted by Crippen LogP contribution is -2.19. The molecule has 7 nitrogen and oxygen atoms in total. The van der Waals surface area contributed by atoms with Crippen molar-refractivity contribution in [1.29, 1.82) is 0 Å². The van der Waals surface area contributed by atoms with Gasteiger partial charge in [-0.05, 0) is 6.07 Å². The molecule has 3 rings (SSSR count). The van der Waals surface area contributed by atoms with Crippen LogP contribution < -0.4 is 5.69 Å². The summed E-state index contributed by atoms with van der Waals surface area (Å²) in [5.41, 5.74) is 2.31. The molecule has 0 unspecified atom stereocenters. The van der Waals surface area contributed by atoms with Gasteiger partial charge in [-0.3, -0.25) is 9.13 Å². The number of rotatable bonds is 2. The number of nitrogens with zero attached hydrogens (tertiary/aromatic N) is 3. The molecule has 7 heteroatoms. The van der Waals surface area contributed by atoms with Gasteiger partial charge in [-0.1, -0.05) is 17.3 Å². The Hall–Kier alpha value is -2.83. The molecule has 0 aliphatic rings. The normalized spacial score (nSPS) is 11.1. The summed E-state index contributed by atoms with van der Waals surface area (Å²) in [5.74, 6) is -1.42. The Labute approximate surface area is 112 Å². The zero-order chi connectivity index (χ0) is 14.4. The molecule has 0 aliphatic heterocycles. The van der Waals surface area contributed by atoms with Gasteiger partial charge < -0.3 is 9.63 Å². The van der Waals surface area contributed by atoms with Gasteiger partial charge in [0.25, 0.3) is 0 Å². The number of carboxylic acids is 1. The van der Waals surface area contributed by atoms with Crippen LogP contribution in [0.2, 0.25) is 0 Å². The number of hydrogen-bond acceptors (Lipinski definition) is 4. The topological polar surface area (TPSA) is 90.3 Å². The zero-order valence-electron chi connectivity index (χ0n) is 10.8. The molecular formula is C13H11N3O4. The third-order valence-electron chi connectivity index (χ3n) is 3.28. The minimum atomic E-state index is -1.18. The van der Waals surface area contributed by atoms with E-state index < -0.39 is 5.97 Å². The van der Waals surface area contributed by atoms with E-state index in [1.54, 1.807) is 26.2 Å². The summed E-state index contributed by atoms with van der Waals surface area (Å²) in [4.78, 5) is 22.8. The van der Waals surface area contributed by atoms with E-state index in [1.165, 1.54) is 15.2 Å². The quantitative estimate of drug-likeness (QED) is 0.758. The van der Waals surface area contributed by atoms with Crippen molar-refractivity contribution in [1.82, 2.24) is 14.3 Å². The number of aromatic carboxylic acids is 1. The first kappa shape index (κ1) is 12.2. The van der Waals surface area contributed by atoms with E-state index in [1.807, 2.05) is 6.07 Å². The summed E-state index contributed by atoms with van der Waals surface area (Å²) in [7, 11) is 3.34. The molecule has 0 aliphatic carbocycles. The van der Waals surface area contributed by atoms with E-state index in [0.29, 0.717) is 16.8 Å². The van der Waals surface area contributed by atoms with Crippen LogP contribution in [0.5, 0.6) is 0 Å². The lowest BCUT2D eigenvalue weighted by Gasteiger charge is -2.01. The van der Waals surface area contributed by atoms with Crippen LogP contribution in [0, 0.1) is 0 Å². The Morgan fingerprint density at radius 3 is 2.70 bits per heavy atom. The fraction of sp³-hybridized carbons (Fsp3) is 0.154. The highest BCUT2D eigenvalue weighted by molar-refractivity contribution is 5.93. The highest BCUT2D eigenvalue weighted by Gasteiger charge is 2.17. The number of carboxylic acid groups (broad SMARTS) is 1. The first-order valence-electron chi connectivity index (χ1n) is 5.85. The van der Waals surface area contributed by atoms with E-state index >= 15 is 0 Å².